The number of ether oxygens (including phenoxy) is 1. The molecular weight excluding hydrogens is 538 g/mol. The second-order valence-electron chi connectivity index (χ2n) is 9.03. The van der Waals surface area contributed by atoms with Gasteiger partial charge in [0.15, 0.2) is 11.5 Å². The maximum absolute atomic E-state index is 12.0. The number of hydrogen-bond acceptors (Lipinski definition) is 10. The number of amides is 1. The van der Waals surface area contributed by atoms with Gasteiger partial charge in [-0.3, -0.25) is 4.79 Å². The standard InChI is InChI=1S/C28H25N9O2.CH4S/c1-3-26(38)36-11-4-5-20(15-36)33-24-9-7-22-27(35-24)28(31-16-29-22)34-19-6-8-23(18(2)13-19)39-21-10-12-37-25(14-21)30-17-32-37;1-2/h3,5-10,12-14,16-17H,1,4,11,15H2,2H3,(H,33,35)(H,29,31,34);2H,1H3. The summed E-state index contributed by atoms with van der Waals surface area (Å²) in [6, 6.07) is 13.2. The minimum absolute atomic E-state index is 0.0862. The zero-order valence-electron chi connectivity index (χ0n) is 22.7. The van der Waals surface area contributed by atoms with Crippen LogP contribution in [0.25, 0.3) is 16.7 Å². The molecule has 5 heterocycles. The highest BCUT2D eigenvalue weighted by Gasteiger charge is 2.17. The van der Waals surface area contributed by atoms with E-state index in [-0.39, 0.29) is 5.91 Å². The molecule has 1 aliphatic heterocycles. The van der Waals surface area contributed by atoms with E-state index in [1.54, 1.807) is 21.9 Å². The Hall–Kier alpha value is -4.97. The van der Waals surface area contributed by atoms with Crippen molar-refractivity contribution < 1.29 is 9.53 Å². The van der Waals surface area contributed by atoms with E-state index < -0.39 is 0 Å². The molecule has 0 bridgehead atoms. The Balaban J connectivity index is 0.00000165. The lowest BCUT2D eigenvalue weighted by molar-refractivity contribution is -0.125. The van der Waals surface area contributed by atoms with Gasteiger partial charge >= 0.3 is 0 Å². The van der Waals surface area contributed by atoms with Crippen LogP contribution in [0.5, 0.6) is 11.5 Å². The maximum atomic E-state index is 12.0. The highest BCUT2D eigenvalue weighted by molar-refractivity contribution is 7.79. The Morgan fingerprint density at radius 3 is 2.78 bits per heavy atom. The first-order chi connectivity index (χ1) is 20.1. The normalized spacial score (nSPS) is 12.8. The quantitative estimate of drug-likeness (QED) is 0.181. The maximum Gasteiger partial charge on any atom is 0.246 e. The number of hydrogen-bond donors (Lipinski definition) is 3. The summed E-state index contributed by atoms with van der Waals surface area (Å²) in [5, 5.41) is 10.8. The Morgan fingerprint density at radius 2 is 1.95 bits per heavy atom. The SMILES string of the molecule is C=CC(=O)N1CCC=C(Nc2ccc3ncnc(Nc4ccc(Oc5ccn6ncnc6c5)c(C)c4)c3n2)C1.CS. The molecule has 0 unspecified atom stereocenters. The molecular formula is C29H29N9O2S. The van der Waals surface area contributed by atoms with Crippen LogP contribution in [0.4, 0.5) is 17.3 Å². The number of carbonyl (C=O) groups is 1. The van der Waals surface area contributed by atoms with Crippen molar-refractivity contribution >= 4 is 52.5 Å². The van der Waals surface area contributed by atoms with Crippen LogP contribution >= 0.6 is 12.6 Å². The number of carbonyl (C=O) groups excluding carboxylic acids is 1. The zero-order valence-corrected chi connectivity index (χ0v) is 23.5. The van der Waals surface area contributed by atoms with Crippen LogP contribution in [-0.4, -0.2) is 59.7 Å². The van der Waals surface area contributed by atoms with Gasteiger partial charge in [-0.2, -0.15) is 17.7 Å². The molecule has 0 saturated heterocycles. The average molecular weight is 568 g/mol. The summed E-state index contributed by atoms with van der Waals surface area (Å²) in [5.41, 5.74) is 4.73. The molecule has 5 aromatic rings. The molecule has 12 heteroatoms. The molecule has 4 aromatic heterocycles. The van der Waals surface area contributed by atoms with E-state index in [0.29, 0.717) is 47.2 Å². The zero-order chi connectivity index (χ0) is 28.8. The minimum atomic E-state index is -0.0862. The summed E-state index contributed by atoms with van der Waals surface area (Å²) in [6.07, 6.45) is 10.7. The van der Waals surface area contributed by atoms with Crippen molar-refractivity contribution in [3.63, 3.8) is 0 Å². The molecule has 0 aliphatic carbocycles. The molecule has 11 nitrogen and oxygen atoms in total. The van der Waals surface area contributed by atoms with Gasteiger partial charge in [-0.15, -0.1) is 0 Å². The van der Waals surface area contributed by atoms with Crippen molar-refractivity contribution in [2.75, 3.05) is 30.0 Å². The number of nitrogens with zero attached hydrogens (tertiary/aromatic N) is 7. The van der Waals surface area contributed by atoms with Crippen LogP contribution in [0.3, 0.4) is 0 Å². The molecule has 0 atom stereocenters. The van der Waals surface area contributed by atoms with Gasteiger partial charge in [0.05, 0.1) is 12.1 Å². The first kappa shape index (κ1) is 27.6. The molecule has 1 aromatic carbocycles. The lowest BCUT2D eigenvalue weighted by Gasteiger charge is -2.26. The van der Waals surface area contributed by atoms with Gasteiger partial charge in [-0.25, -0.2) is 24.5 Å². The topological polar surface area (TPSA) is 122 Å². The second-order valence-corrected chi connectivity index (χ2v) is 9.03. The first-order valence-electron chi connectivity index (χ1n) is 12.8. The van der Waals surface area contributed by atoms with E-state index in [4.69, 9.17) is 9.72 Å². The number of rotatable bonds is 7. The summed E-state index contributed by atoms with van der Waals surface area (Å²) in [4.78, 5) is 31.6. The monoisotopic (exact) mass is 567 g/mol. The number of anilines is 3. The van der Waals surface area contributed by atoms with Crippen LogP contribution < -0.4 is 15.4 Å². The number of aryl methyl sites for hydroxylation is 1. The van der Waals surface area contributed by atoms with Crippen LogP contribution in [0, 0.1) is 6.92 Å². The Kier molecular flexibility index (Phi) is 8.39. The molecule has 1 aliphatic rings. The van der Waals surface area contributed by atoms with Crippen LogP contribution in [0.2, 0.25) is 0 Å². The molecule has 0 saturated carbocycles. The Bertz CT molecular complexity index is 1750. The lowest BCUT2D eigenvalue weighted by Crippen LogP contribution is -2.36. The molecule has 0 radical (unpaired) electrons. The second kappa shape index (κ2) is 12.5. The van der Waals surface area contributed by atoms with Crippen molar-refractivity contribution in [1.82, 2.24) is 34.4 Å². The molecule has 41 heavy (non-hydrogen) atoms. The van der Waals surface area contributed by atoms with E-state index in [1.807, 2.05) is 49.4 Å². The van der Waals surface area contributed by atoms with Crippen LogP contribution in [0.15, 0.2) is 85.7 Å². The van der Waals surface area contributed by atoms with Crippen molar-refractivity contribution in [2.45, 2.75) is 13.3 Å². The van der Waals surface area contributed by atoms with E-state index in [2.05, 4.69) is 56.0 Å². The molecule has 0 fully saturated rings. The van der Waals surface area contributed by atoms with Gasteiger partial charge in [0.25, 0.3) is 0 Å². The van der Waals surface area contributed by atoms with E-state index in [0.717, 1.165) is 29.1 Å². The van der Waals surface area contributed by atoms with Crippen molar-refractivity contribution in [2.24, 2.45) is 0 Å². The van der Waals surface area contributed by atoms with E-state index in [9.17, 15) is 4.79 Å². The van der Waals surface area contributed by atoms with Crippen LogP contribution in [0.1, 0.15) is 12.0 Å². The highest BCUT2D eigenvalue weighted by Crippen LogP contribution is 2.30. The fourth-order valence-corrected chi connectivity index (χ4v) is 4.38. The largest absolute Gasteiger partial charge is 0.457 e. The third-order valence-electron chi connectivity index (χ3n) is 6.33. The molecule has 6 rings (SSSR count). The Morgan fingerprint density at radius 1 is 1.07 bits per heavy atom. The fraction of sp³-hybridized carbons (Fsp3) is 0.172. The highest BCUT2D eigenvalue weighted by atomic mass is 32.1. The van der Waals surface area contributed by atoms with Crippen molar-refractivity contribution in [3.05, 3.63) is 91.3 Å². The number of nitrogens with one attached hydrogen (secondary N) is 2. The number of thiol groups is 1. The minimum Gasteiger partial charge on any atom is -0.457 e. The van der Waals surface area contributed by atoms with Gasteiger partial charge in [-0.1, -0.05) is 12.7 Å². The number of aromatic nitrogens is 6. The van der Waals surface area contributed by atoms with E-state index in [1.165, 1.54) is 18.7 Å². The third-order valence-corrected chi connectivity index (χ3v) is 6.33. The van der Waals surface area contributed by atoms with Gasteiger partial charge in [0.2, 0.25) is 5.91 Å². The van der Waals surface area contributed by atoms with Crippen molar-refractivity contribution in [1.29, 1.82) is 0 Å². The summed E-state index contributed by atoms with van der Waals surface area (Å²) < 4.78 is 7.77. The predicted molar refractivity (Wildman–Crippen MR) is 163 cm³/mol. The number of fused-ring (bicyclic) bond motifs is 2. The van der Waals surface area contributed by atoms with Crippen LogP contribution in [-0.2, 0) is 4.79 Å². The third kappa shape index (κ3) is 6.28. The first-order valence-corrected chi connectivity index (χ1v) is 13.7. The number of benzene rings is 1. The van der Waals surface area contributed by atoms with Gasteiger partial charge in [-0.05, 0) is 67.6 Å². The van der Waals surface area contributed by atoms with E-state index >= 15 is 0 Å². The summed E-state index contributed by atoms with van der Waals surface area (Å²) in [5.74, 6) is 2.54. The van der Waals surface area contributed by atoms with Gasteiger partial charge < -0.3 is 20.3 Å². The average Bonchev–Trinajstić information content (AvgIpc) is 3.48. The van der Waals surface area contributed by atoms with Gasteiger partial charge in [0.1, 0.15) is 35.5 Å². The molecule has 2 N–H and O–H groups in total. The molecule has 208 valence electrons. The fourth-order valence-electron chi connectivity index (χ4n) is 4.38. The predicted octanol–water partition coefficient (Wildman–Crippen LogP) is 5.17. The molecule has 1 amide bonds. The number of pyridine rings is 2. The lowest BCUT2D eigenvalue weighted by atomic mass is 10.2. The van der Waals surface area contributed by atoms with Gasteiger partial charge in [0, 0.05) is 30.2 Å². The summed E-state index contributed by atoms with van der Waals surface area (Å²) in [6.45, 7) is 6.71. The molecule has 0 spiro atoms. The smallest absolute Gasteiger partial charge is 0.246 e. The summed E-state index contributed by atoms with van der Waals surface area (Å²) >= 11 is 3.53. The Labute approximate surface area is 242 Å². The van der Waals surface area contributed by atoms with Crippen molar-refractivity contribution in [3.8, 4) is 11.5 Å². The summed E-state index contributed by atoms with van der Waals surface area (Å²) in [7, 11) is 0.